The van der Waals surface area contributed by atoms with E-state index in [0.29, 0.717) is 0 Å². The Balaban J connectivity index is 2.07. The largest absolute Gasteiger partial charge is 0.319 e. The van der Waals surface area contributed by atoms with E-state index in [2.05, 4.69) is 60.5 Å². The van der Waals surface area contributed by atoms with Crippen molar-refractivity contribution in [3.8, 4) is 0 Å². The highest BCUT2D eigenvalue weighted by atomic mass is 15.0. The molecular formula is C17H19N3. The predicted octanol–water partition coefficient (Wildman–Crippen LogP) is 3.31. The van der Waals surface area contributed by atoms with Crippen LogP contribution >= 0.6 is 0 Å². The van der Waals surface area contributed by atoms with Gasteiger partial charge in [-0.2, -0.15) is 0 Å². The van der Waals surface area contributed by atoms with E-state index in [0.717, 1.165) is 16.9 Å². The first-order valence-electron chi connectivity index (χ1n) is 6.82. The van der Waals surface area contributed by atoms with Crippen LogP contribution in [0.1, 0.15) is 34.0 Å². The molecule has 0 aliphatic rings. The fraction of sp³-hybridized carbons (Fsp3) is 0.235. The van der Waals surface area contributed by atoms with Crippen LogP contribution in [-0.4, -0.2) is 9.38 Å². The monoisotopic (exact) mass is 265 g/mol. The number of nitrogens with two attached hydrogens (primary N) is 1. The maximum Gasteiger partial charge on any atom is 0.137 e. The molecule has 3 heteroatoms. The van der Waals surface area contributed by atoms with Crippen molar-refractivity contribution in [1.82, 2.24) is 9.38 Å². The Morgan fingerprint density at radius 1 is 1.05 bits per heavy atom. The number of nitrogens with zero attached hydrogens (tertiary/aromatic N) is 2. The van der Waals surface area contributed by atoms with E-state index in [9.17, 15) is 0 Å². The molecule has 1 aromatic carbocycles. The van der Waals surface area contributed by atoms with Gasteiger partial charge in [0.05, 0.1) is 17.9 Å². The second-order valence-electron chi connectivity index (χ2n) is 5.44. The van der Waals surface area contributed by atoms with Gasteiger partial charge in [-0.25, -0.2) is 4.98 Å². The topological polar surface area (TPSA) is 43.3 Å². The molecule has 20 heavy (non-hydrogen) atoms. The van der Waals surface area contributed by atoms with Gasteiger partial charge in [-0.3, -0.25) is 0 Å². The summed E-state index contributed by atoms with van der Waals surface area (Å²) >= 11 is 0. The third-order valence-corrected chi connectivity index (χ3v) is 3.91. The van der Waals surface area contributed by atoms with Crippen LogP contribution in [0.15, 0.2) is 42.7 Å². The summed E-state index contributed by atoms with van der Waals surface area (Å²) < 4.78 is 2.06. The molecule has 2 heterocycles. The lowest BCUT2D eigenvalue weighted by Crippen LogP contribution is -2.14. The Labute approximate surface area is 119 Å². The van der Waals surface area contributed by atoms with Crippen molar-refractivity contribution < 1.29 is 0 Å². The third kappa shape index (κ3) is 2.10. The molecule has 2 aromatic heterocycles. The minimum absolute atomic E-state index is 0.160. The molecule has 0 spiro atoms. The maximum atomic E-state index is 6.42. The van der Waals surface area contributed by atoms with E-state index in [1.54, 1.807) is 0 Å². The zero-order valence-electron chi connectivity index (χ0n) is 12.1. The van der Waals surface area contributed by atoms with E-state index in [-0.39, 0.29) is 6.04 Å². The summed E-state index contributed by atoms with van der Waals surface area (Å²) in [5.74, 6) is 0. The quantitative estimate of drug-likeness (QED) is 0.772. The second-order valence-corrected chi connectivity index (χ2v) is 5.44. The van der Waals surface area contributed by atoms with Crippen molar-refractivity contribution in [3.05, 3.63) is 70.7 Å². The smallest absolute Gasteiger partial charge is 0.137 e. The van der Waals surface area contributed by atoms with Crippen molar-refractivity contribution in [2.45, 2.75) is 26.8 Å². The van der Waals surface area contributed by atoms with Crippen LogP contribution in [0, 0.1) is 20.8 Å². The van der Waals surface area contributed by atoms with Crippen molar-refractivity contribution in [3.63, 3.8) is 0 Å². The van der Waals surface area contributed by atoms with Gasteiger partial charge in [0, 0.05) is 6.20 Å². The molecule has 0 fully saturated rings. The van der Waals surface area contributed by atoms with Crippen LogP contribution in [0.2, 0.25) is 0 Å². The van der Waals surface area contributed by atoms with Crippen LogP contribution < -0.4 is 5.73 Å². The summed E-state index contributed by atoms with van der Waals surface area (Å²) in [5.41, 5.74) is 13.3. The average Bonchev–Trinajstić information content (AvgIpc) is 2.84. The summed E-state index contributed by atoms with van der Waals surface area (Å²) in [7, 11) is 0. The zero-order valence-corrected chi connectivity index (χ0v) is 12.1. The molecule has 3 nitrogen and oxygen atoms in total. The number of aryl methyl sites for hydroxylation is 3. The molecule has 0 aliphatic carbocycles. The van der Waals surface area contributed by atoms with Gasteiger partial charge in [-0.1, -0.05) is 18.2 Å². The van der Waals surface area contributed by atoms with Gasteiger partial charge in [0.15, 0.2) is 0 Å². The molecule has 2 N–H and O–H groups in total. The molecule has 0 saturated carbocycles. The molecule has 3 rings (SSSR count). The Hall–Kier alpha value is -2.13. The van der Waals surface area contributed by atoms with E-state index in [1.165, 1.54) is 16.7 Å². The summed E-state index contributed by atoms with van der Waals surface area (Å²) in [4.78, 5) is 4.45. The normalized spacial score (nSPS) is 12.8. The molecule has 1 unspecified atom stereocenters. The maximum absolute atomic E-state index is 6.42. The lowest BCUT2D eigenvalue weighted by atomic mass is 10.00. The number of fused-ring (bicyclic) bond motifs is 1. The Morgan fingerprint density at radius 3 is 2.60 bits per heavy atom. The molecule has 102 valence electrons. The second kappa shape index (κ2) is 4.76. The first kappa shape index (κ1) is 12.9. The number of rotatable bonds is 2. The van der Waals surface area contributed by atoms with Crippen molar-refractivity contribution >= 4 is 5.65 Å². The first-order chi connectivity index (χ1) is 9.56. The summed E-state index contributed by atoms with van der Waals surface area (Å²) in [6, 6.07) is 10.4. The van der Waals surface area contributed by atoms with Gasteiger partial charge in [-0.15, -0.1) is 0 Å². The summed E-state index contributed by atoms with van der Waals surface area (Å²) in [6.45, 7) is 6.29. The number of hydrogen-bond donors (Lipinski definition) is 1. The first-order valence-corrected chi connectivity index (χ1v) is 6.82. The SMILES string of the molecule is Cc1ccn2c(C(N)c3ccc(C)c(C)c3)cnc2c1. The van der Waals surface area contributed by atoms with Crippen LogP contribution in [-0.2, 0) is 0 Å². The standard InChI is InChI=1S/C17H19N3/c1-11-6-7-20-15(10-19-16(20)8-11)17(18)14-5-4-12(2)13(3)9-14/h4-10,17H,18H2,1-3H3. The molecule has 0 aliphatic heterocycles. The van der Waals surface area contributed by atoms with Gasteiger partial charge in [0.25, 0.3) is 0 Å². The lowest BCUT2D eigenvalue weighted by Gasteiger charge is -2.13. The van der Waals surface area contributed by atoms with Gasteiger partial charge in [-0.05, 0) is 55.2 Å². The minimum Gasteiger partial charge on any atom is -0.319 e. The van der Waals surface area contributed by atoms with Crippen molar-refractivity contribution in [1.29, 1.82) is 0 Å². The van der Waals surface area contributed by atoms with Gasteiger partial charge >= 0.3 is 0 Å². The number of pyridine rings is 1. The van der Waals surface area contributed by atoms with Gasteiger partial charge in [0.1, 0.15) is 5.65 Å². The fourth-order valence-corrected chi connectivity index (χ4v) is 2.46. The molecule has 3 aromatic rings. The predicted molar refractivity (Wildman–Crippen MR) is 81.9 cm³/mol. The van der Waals surface area contributed by atoms with Crippen molar-refractivity contribution in [2.75, 3.05) is 0 Å². The Bertz CT molecular complexity index is 771. The molecule has 0 bridgehead atoms. The van der Waals surface area contributed by atoms with Gasteiger partial charge < -0.3 is 10.1 Å². The fourth-order valence-electron chi connectivity index (χ4n) is 2.46. The van der Waals surface area contributed by atoms with Crippen LogP contribution in [0.25, 0.3) is 5.65 Å². The summed E-state index contributed by atoms with van der Waals surface area (Å²) in [6.07, 6.45) is 3.91. The number of imidazole rings is 1. The minimum atomic E-state index is -0.160. The lowest BCUT2D eigenvalue weighted by molar-refractivity contribution is 0.812. The van der Waals surface area contributed by atoms with Crippen LogP contribution in [0.5, 0.6) is 0 Å². The van der Waals surface area contributed by atoms with E-state index >= 15 is 0 Å². The summed E-state index contributed by atoms with van der Waals surface area (Å²) in [5, 5.41) is 0. The number of benzene rings is 1. The Kier molecular flexibility index (Phi) is 3.07. The number of aromatic nitrogens is 2. The highest BCUT2D eigenvalue weighted by Crippen LogP contribution is 2.23. The Morgan fingerprint density at radius 2 is 1.85 bits per heavy atom. The molecule has 1 atom stereocenters. The zero-order chi connectivity index (χ0) is 14.3. The van der Waals surface area contributed by atoms with E-state index in [1.807, 2.05) is 12.4 Å². The van der Waals surface area contributed by atoms with Crippen LogP contribution in [0.3, 0.4) is 0 Å². The van der Waals surface area contributed by atoms with Crippen molar-refractivity contribution in [2.24, 2.45) is 5.73 Å². The number of hydrogen-bond acceptors (Lipinski definition) is 2. The van der Waals surface area contributed by atoms with Crippen LogP contribution in [0.4, 0.5) is 0 Å². The molecule has 0 saturated heterocycles. The third-order valence-electron chi connectivity index (χ3n) is 3.91. The highest BCUT2D eigenvalue weighted by molar-refractivity contribution is 5.45. The van der Waals surface area contributed by atoms with Gasteiger partial charge in [0.2, 0.25) is 0 Å². The highest BCUT2D eigenvalue weighted by Gasteiger charge is 2.14. The molecule has 0 amide bonds. The molecular weight excluding hydrogens is 246 g/mol. The molecule has 0 radical (unpaired) electrons. The van der Waals surface area contributed by atoms with E-state index in [4.69, 9.17) is 5.73 Å². The van der Waals surface area contributed by atoms with E-state index < -0.39 is 0 Å². The average molecular weight is 265 g/mol.